The number of ether oxygens (including phenoxy) is 1. The summed E-state index contributed by atoms with van der Waals surface area (Å²) in [6.07, 6.45) is 0.843. The summed E-state index contributed by atoms with van der Waals surface area (Å²) in [5.41, 5.74) is 4.45. The fourth-order valence-electron chi connectivity index (χ4n) is 4.63. The van der Waals surface area contributed by atoms with Crippen LogP contribution in [0.5, 0.6) is 5.75 Å². The molecule has 0 aliphatic carbocycles. The third-order valence-corrected chi connectivity index (χ3v) is 6.41. The number of piperazine rings is 1. The number of carbonyl (C=O) groups is 2. The zero-order chi connectivity index (χ0) is 23.5. The van der Waals surface area contributed by atoms with E-state index in [-0.39, 0.29) is 11.8 Å². The van der Waals surface area contributed by atoms with E-state index in [2.05, 4.69) is 22.8 Å². The molecule has 0 aromatic heterocycles. The summed E-state index contributed by atoms with van der Waals surface area (Å²) in [5.74, 6) is -0.00188. The highest BCUT2D eigenvalue weighted by molar-refractivity contribution is 6.45. The molecule has 0 atom stereocenters. The highest BCUT2D eigenvalue weighted by Gasteiger charge is 2.44. The van der Waals surface area contributed by atoms with Gasteiger partial charge in [0, 0.05) is 26.2 Å². The molecule has 2 amide bonds. The van der Waals surface area contributed by atoms with Crippen molar-refractivity contribution in [1.82, 2.24) is 9.80 Å². The first-order valence-corrected chi connectivity index (χ1v) is 11.9. The Labute approximate surface area is 196 Å². The van der Waals surface area contributed by atoms with Gasteiger partial charge < -0.3 is 14.5 Å². The molecule has 6 heteroatoms. The first-order valence-electron chi connectivity index (χ1n) is 11.9. The fourth-order valence-corrected chi connectivity index (χ4v) is 4.63. The molecular weight excluding hydrogens is 414 g/mol. The van der Waals surface area contributed by atoms with Crippen LogP contribution < -0.4 is 9.64 Å². The van der Waals surface area contributed by atoms with E-state index in [9.17, 15) is 9.59 Å². The van der Waals surface area contributed by atoms with Crippen LogP contribution in [0.2, 0.25) is 0 Å². The monoisotopic (exact) mass is 447 g/mol. The minimum Gasteiger partial charge on any atom is -0.491 e. The van der Waals surface area contributed by atoms with Gasteiger partial charge in [-0.2, -0.15) is 0 Å². The van der Waals surface area contributed by atoms with Gasteiger partial charge in [0.15, 0.2) is 0 Å². The SMILES string of the molecule is CCCOc1ccccc1N1C(=O)C(c2ccc(C)cc2C)=C(N2CCN(CC)CC2)C1=O. The Hall–Kier alpha value is -3.12. The van der Waals surface area contributed by atoms with Crippen molar-refractivity contribution in [3.63, 3.8) is 0 Å². The van der Waals surface area contributed by atoms with E-state index in [1.807, 2.05) is 51.1 Å². The van der Waals surface area contributed by atoms with Crippen molar-refractivity contribution in [2.75, 3.05) is 44.2 Å². The van der Waals surface area contributed by atoms with Gasteiger partial charge in [-0.1, -0.05) is 49.7 Å². The molecule has 0 saturated carbocycles. The topological polar surface area (TPSA) is 53.1 Å². The van der Waals surface area contributed by atoms with Crippen LogP contribution in [-0.2, 0) is 9.59 Å². The number of benzene rings is 2. The van der Waals surface area contributed by atoms with Gasteiger partial charge in [0.05, 0.1) is 17.9 Å². The molecule has 2 aliphatic rings. The van der Waals surface area contributed by atoms with Crippen molar-refractivity contribution in [3.8, 4) is 5.75 Å². The first-order chi connectivity index (χ1) is 16.0. The predicted octanol–water partition coefficient (Wildman–Crippen LogP) is 4.01. The molecule has 1 saturated heterocycles. The molecule has 1 fully saturated rings. The third kappa shape index (κ3) is 4.40. The van der Waals surface area contributed by atoms with Gasteiger partial charge in [0.25, 0.3) is 11.8 Å². The maximum atomic E-state index is 13.9. The van der Waals surface area contributed by atoms with Crippen LogP contribution in [0.3, 0.4) is 0 Å². The summed E-state index contributed by atoms with van der Waals surface area (Å²) in [6, 6.07) is 13.3. The van der Waals surface area contributed by atoms with E-state index in [4.69, 9.17) is 4.74 Å². The van der Waals surface area contributed by atoms with E-state index < -0.39 is 0 Å². The van der Waals surface area contributed by atoms with Crippen LogP contribution in [-0.4, -0.2) is 60.9 Å². The first kappa shape index (κ1) is 23.1. The van der Waals surface area contributed by atoms with Crippen molar-refractivity contribution < 1.29 is 14.3 Å². The van der Waals surface area contributed by atoms with Gasteiger partial charge in [-0.15, -0.1) is 0 Å². The van der Waals surface area contributed by atoms with Crippen LogP contribution in [0.4, 0.5) is 5.69 Å². The molecule has 6 nitrogen and oxygen atoms in total. The van der Waals surface area contributed by atoms with Gasteiger partial charge in [0.2, 0.25) is 0 Å². The van der Waals surface area contributed by atoms with E-state index in [1.54, 1.807) is 6.07 Å². The number of para-hydroxylation sites is 2. The lowest BCUT2D eigenvalue weighted by molar-refractivity contribution is -0.120. The van der Waals surface area contributed by atoms with Crippen LogP contribution >= 0.6 is 0 Å². The molecule has 33 heavy (non-hydrogen) atoms. The lowest BCUT2D eigenvalue weighted by Gasteiger charge is -2.36. The second-order valence-electron chi connectivity index (χ2n) is 8.73. The molecular formula is C27H33N3O3. The minimum absolute atomic E-state index is 0.271. The van der Waals surface area contributed by atoms with Crippen LogP contribution in [0.15, 0.2) is 48.2 Å². The smallest absolute Gasteiger partial charge is 0.282 e. The van der Waals surface area contributed by atoms with Crippen molar-refractivity contribution in [1.29, 1.82) is 0 Å². The Morgan fingerprint density at radius 3 is 2.30 bits per heavy atom. The number of hydrogen-bond acceptors (Lipinski definition) is 5. The number of imide groups is 1. The average Bonchev–Trinajstić information content (AvgIpc) is 3.07. The van der Waals surface area contributed by atoms with E-state index in [0.29, 0.717) is 29.3 Å². The molecule has 174 valence electrons. The number of hydrogen-bond donors (Lipinski definition) is 0. The largest absolute Gasteiger partial charge is 0.491 e. The number of nitrogens with zero attached hydrogens (tertiary/aromatic N) is 3. The quantitative estimate of drug-likeness (QED) is 0.600. The van der Waals surface area contributed by atoms with E-state index in [1.165, 1.54) is 4.90 Å². The molecule has 2 heterocycles. The normalized spacial score (nSPS) is 17.3. The summed E-state index contributed by atoms with van der Waals surface area (Å²) in [4.78, 5) is 33.6. The molecule has 0 unspecified atom stereocenters. The summed E-state index contributed by atoms with van der Waals surface area (Å²) in [6.45, 7) is 12.9. The van der Waals surface area contributed by atoms with Gasteiger partial charge >= 0.3 is 0 Å². The van der Waals surface area contributed by atoms with Crippen molar-refractivity contribution in [2.45, 2.75) is 34.1 Å². The van der Waals surface area contributed by atoms with E-state index >= 15 is 0 Å². The fraction of sp³-hybridized carbons (Fsp3) is 0.407. The maximum Gasteiger partial charge on any atom is 0.282 e. The Kier molecular flexibility index (Phi) is 6.84. The Morgan fingerprint density at radius 1 is 0.909 bits per heavy atom. The van der Waals surface area contributed by atoms with E-state index in [0.717, 1.165) is 55.8 Å². The zero-order valence-electron chi connectivity index (χ0n) is 20.1. The van der Waals surface area contributed by atoms with Crippen LogP contribution in [0.1, 0.15) is 37.0 Å². The van der Waals surface area contributed by atoms with Crippen LogP contribution in [0, 0.1) is 13.8 Å². The third-order valence-electron chi connectivity index (χ3n) is 6.41. The molecule has 2 aromatic rings. The molecule has 2 aromatic carbocycles. The summed E-state index contributed by atoms with van der Waals surface area (Å²) < 4.78 is 5.90. The Balaban J connectivity index is 1.80. The van der Waals surface area contributed by atoms with Crippen LogP contribution in [0.25, 0.3) is 5.57 Å². The highest BCUT2D eigenvalue weighted by Crippen LogP contribution is 2.39. The number of carbonyl (C=O) groups excluding carboxylic acids is 2. The average molecular weight is 448 g/mol. The number of likely N-dealkylation sites (N-methyl/N-ethyl adjacent to an activating group) is 1. The highest BCUT2D eigenvalue weighted by atomic mass is 16.5. The predicted molar refractivity (Wildman–Crippen MR) is 131 cm³/mol. The summed E-state index contributed by atoms with van der Waals surface area (Å²) in [5, 5.41) is 0. The molecule has 0 radical (unpaired) electrons. The molecule has 4 rings (SSSR count). The number of aryl methyl sites for hydroxylation is 2. The number of amides is 2. The van der Waals surface area contributed by atoms with Crippen molar-refractivity contribution in [3.05, 3.63) is 64.9 Å². The second kappa shape index (κ2) is 9.79. The lowest BCUT2D eigenvalue weighted by Crippen LogP contribution is -2.47. The zero-order valence-corrected chi connectivity index (χ0v) is 20.1. The maximum absolute atomic E-state index is 13.9. The van der Waals surface area contributed by atoms with Crippen molar-refractivity contribution >= 4 is 23.1 Å². The van der Waals surface area contributed by atoms with Gasteiger partial charge in [0.1, 0.15) is 11.4 Å². The Bertz CT molecular complexity index is 1080. The van der Waals surface area contributed by atoms with Gasteiger partial charge in [-0.25, -0.2) is 4.90 Å². The summed E-state index contributed by atoms with van der Waals surface area (Å²) in [7, 11) is 0. The molecule has 2 aliphatic heterocycles. The standard InChI is InChI=1S/C27H33N3O3/c1-5-17-33-23-10-8-7-9-22(23)30-26(31)24(21-12-11-19(3)18-20(21)4)25(27(30)32)29-15-13-28(6-2)14-16-29/h7-12,18H,5-6,13-17H2,1-4H3. The second-order valence-corrected chi connectivity index (χ2v) is 8.73. The number of rotatable bonds is 7. The molecule has 0 spiro atoms. The Morgan fingerprint density at radius 2 is 1.64 bits per heavy atom. The van der Waals surface area contributed by atoms with Gasteiger partial charge in [-0.05, 0) is 50.1 Å². The molecule has 0 N–H and O–H groups in total. The van der Waals surface area contributed by atoms with Gasteiger partial charge in [-0.3, -0.25) is 9.59 Å². The minimum atomic E-state index is -0.285. The molecule has 0 bridgehead atoms. The number of anilines is 1. The lowest BCUT2D eigenvalue weighted by atomic mass is 9.97. The van der Waals surface area contributed by atoms with Crippen molar-refractivity contribution in [2.24, 2.45) is 0 Å². The summed E-state index contributed by atoms with van der Waals surface area (Å²) >= 11 is 0.